The van der Waals surface area contributed by atoms with Crippen LogP contribution in [-0.2, 0) is 16.6 Å². The van der Waals surface area contributed by atoms with Crippen LogP contribution >= 0.6 is 0 Å². The monoisotopic (exact) mass is 431 g/mol. The normalized spacial score (nSPS) is 11.2. The number of hydrogen-bond donors (Lipinski definition) is 4. The zero-order valence-corrected chi connectivity index (χ0v) is 17.1. The summed E-state index contributed by atoms with van der Waals surface area (Å²) in [5, 5.41) is 0. The highest BCUT2D eigenvalue weighted by Gasteiger charge is 2.14. The SMILES string of the molecule is NCc1ccc(OCCC=CCS(=O)(=O)NC(=O)c2ccc(N=C(N)N)cc2)cc1. The summed E-state index contributed by atoms with van der Waals surface area (Å²) in [6.07, 6.45) is 3.68. The number of aliphatic imine (C=N–C) groups is 1. The highest BCUT2D eigenvalue weighted by molar-refractivity contribution is 7.90. The van der Waals surface area contributed by atoms with Crippen LogP contribution in [0.25, 0.3) is 0 Å². The molecule has 0 aliphatic carbocycles. The maximum Gasteiger partial charge on any atom is 0.264 e. The Hall–Kier alpha value is -3.37. The molecule has 7 N–H and O–H groups in total. The van der Waals surface area contributed by atoms with Crippen LogP contribution < -0.4 is 26.7 Å². The van der Waals surface area contributed by atoms with Gasteiger partial charge < -0.3 is 21.9 Å². The lowest BCUT2D eigenvalue weighted by Crippen LogP contribution is -2.32. The number of rotatable bonds is 10. The van der Waals surface area contributed by atoms with Crippen molar-refractivity contribution in [3.63, 3.8) is 0 Å². The summed E-state index contributed by atoms with van der Waals surface area (Å²) in [5.74, 6) is -0.456. The van der Waals surface area contributed by atoms with Gasteiger partial charge in [0, 0.05) is 12.1 Å². The van der Waals surface area contributed by atoms with Crippen molar-refractivity contribution in [2.45, 2.75) is 13.0 Å². The smallest absolute Gasteiger partial charge is 0.264 e. The van der Waals surface area contributed by atoms with Crippen molar-refractivity contribution >= 4 is 27.6 Å². The second-order valence-electron chi connectivity index (χ2n) is 6.25. The van der Waals surface area contributed by atoms with Crippen LogP contribution in [0.2, 0.25) is 0 Å². The van der Waals surface area contributed by atoms with Crippen molar-refractivity contribution in [2.24, 2.45) is 22.2 Å². The molecule has 0 bridgehead atoms. The largest absolute Gasteiger partial charge is 0.493 e. The molecule has 0 spiro atoms. The first-order chi connectivity index (χ1) is 14.3. The van der Waals surface area contributed by atoms with Gasteiger partial charge in [-0.25, -0.2) is 18.1 Å². The maximum absolute atomic E-state index is 12.1. The van der Waals surface area contributed by atoms with Gasteiger partial charge in [-0.3, -0.25) is 4.79 Å². The highest BCUT2D eigenvalue weighted by atomic mass is 32.2. The minimum atomic E-state index is -3.81. The predicted molar refractivity (Wildman–Crippen MR) is 117 cm³/mol. The molecule has 9 nitrogen and oxygen atoms in total. The van der Waals surface area contributed by atoms with E-state index in [4.69, 9.17) is 21.9 Å². The Morgan fingerprint density at radius 3 is 2.30 bits per heavy atom. The fourth-order valence-electron chi connectivity index (χ4n) is 2.36. The Kier molecular flexibility index (Phi) is 8.39. The van der Waals surface area contributed by atoms with Gasteiger partial charge in [0.1, 0.15) is 5.75 Å². The molecule has 10 heteroatoms. The minimum Gasteiger partial charge on any atom is -0.493 e. The van der Waals surface area contributed by atoms with Gasteiger partial charge in [0.25, 0.3) is 5.91 Å². The summed E-state index contributed by atoms with van der Waals surface area (Å²) < 4.78 is 31.7. The molecule has 0 fully saturated rings. The summed E-state index contributed by atoms with van der Waals surface area (Å²) in [6.45, 7) is 0.865. The van der Waals surface area contributed by atoms with Gasteiger partial charge in [-0.15, -0.1) is 0 Å². The van der Waals surface area contributed by atoms with Crippen LogP contribution in [0.5, 0.6) is 5.75 Å². The molecule has 160 valence electrons. The molecule has 2 rings (SSSR count). The lowest BCUT2D eigenvalue weighted by atomic mass is 10.2. The van der Waals surface area contributed by atoms with Crippen LogP contribution in [-0.4, -0.2) is 32.6 Å². The van der Waals surface area contributed by atoms with Gasteiger partial charge >= 0.3 is 0 Å². The first-order valence-corrected chi connectivity index (χ1v) is 10.8. The molecule has 0 atom stereocenters. The van der Waals surface area contributed by atoms with E-state index >= 15 is 0 Å². The third-order valence-corrected chi connectivity index (χ3v) is 4.96. The molecular formula is C20H25N5O4S. The van der Waals surface area contributed by atoms with Gasteiger partial charge in [-0.1, -0.05) is 24.3 Å². The quantitative estimate of drug-likeness (QED) is 0.190. The Morgan fingerprint density at radius 2 is 1.70 bits per heavy atom. The van der Waals surface area contributed by atoms with Gasteiger partial charge in [0.15, 0.2) is 5.96 Å². The molecule has 0 unspecified atom stereocenters. The van der Waals surface area contributed by atoms with Crippen molar-refractivity contribution in [3.05, 3.63) is 71.8 Å². The number of amides is 1. The van der Waals surface area contributed by atoms with E-state index in [-0.39, 0.29) is 17.3 Å². The van der Waals surface area contributed by atoms with Crippen LogP contribution in [0.15, 0.2) is 65.7 Å². The van der Waals surface area contributed by atoms with Gasteiger partial charge in [-0.2, -0.15) is 0 Å². The van der Waals surface area contributed by atoms with E-state index in [0.29, 0.717) is 31.0 Å². The Balaban J connectivity index is 1.77. The first kappa shape index (κ1) is 22.9. The average Bonchev–Trinajstić information content (AvgIpc) is 2.70. The van der Waals surface area contributed by atoms with Crippen molar-refractivity contribution in [2.75, 3.05) is 12.4 Å². The second kappa shape index (κ2) is 11.0. The van der Waals surface area contributed by atoms with Crippen LogP contribution in [0.1, 0.15) is 22.3 Å². The number of nitrogens with two attached hydrogens (primary N) is 3. The van der Waals surface area contributed by atoms with Gasteiger partial charge in [0.2, 0.25) is 10.0 Å². The Morgan fingerprint density at radius 1 is 1.03 bits per heavy atom. The van der Waals surface area contributed by atoms with E-state index in [1.807, 2.05) is 29.0 Å². The highest BCUT2D eigenvalue weighted by Crippen LogP contribution is 2.13. The average molecular weight is 432 g/mol. The molecule has 0 aliphatic rings. The van der Waals surface area contributed by atoms with E-state index < -0.39 is 15.9 Å². The summed E-state index contributed by atoms with van der Waals surface area (Å²) in [4.78, 5) is 15.9. The van der Waals surface area contributed by atoms with Gasteiger partial charge in [0.05, 0.1) is 18.0 Å². The lowest BCUT2D eigenvalue weighted by molar-refractivity contribution is 0.0981. The lowest BCUT2D eigenvalue weighted by Gasteiger charge is -2.06. The molecule has 1 amide bonds. The third-order valence-electron chi connectivity index (χ3n) is 3.83. The first-order valence-electron chi connectivity index (χ1n) is 9.10. The van der Waals surface area contributed by atoms with Crippen LogP contribution in [0.4, 0.5) is 5.69 Å². The zero-order chi connectivity index (χ0) is 22.0. The summed E-state index contributed by atoms with van der Waals surface area (Å²) in [5.41, 5.74) is 17.7. The summed E-state index contributed by atoms with van der Waals surface area (Å²) in [6, 6.07) is 13.3. The Labute approximate surface area is 175 Å². The number of guanidine groups is 1. The van der Waals surface area contributed by atoms with Crippen LogP contribution in [0, 0.1) is 0 Å². The molecule has 0 saturated carbocycles. The fraction of sp³-hybridized carbons (Fsp3) is 0.200. The van der Waals surface area contributed by atoms with Crippen molar-refractivity contribution in [1.29, 1.82) is 0 Å². The van der Waals surface area contributed by atoms with E-state index in [1.165, 1.54) is 30.3 Å². The number of nitrogens with zero attached hydrogens (tertiary/aromatic N) is 1. The van der Waals surface area contributed by atoms with E-state index in [1.54, 1.807) is 6.08 Å². The van der Waals surface area contributed by atoms with Gasteiger partial charge in [-0.05, 0) is 48.4 Å². The van der Waals surface area contributed by atoms with Crippen molar-refractivity contribution in [3.8, 4) is 5.75 Å². The topological polar surface area (TPSA) is 163 Å². The third kappa shape index (κ3) is 7.94. The standard InChI is InChI=1S/C20H25N5O4S/c21-14-15-4-10-18(11-5-15)29-12-2-1-3-13-30(27,28)25-19(26)16-6-8-17(9-7-16)24-20(22)23/h1,3-11H,2,12-14,21H2,(H,25,26)(H4,22,23,24). The number of sulfonamides is 1. The van der Waals surface area contributed by atoms with Crippen molar-refractivity contribution < 1.29 is 17.9 Å². The minimum absolute atomic E-state index is 0.114. The van der Waals surface area contributed by atoms with E-state index in [2.05, 4.69) is 4.99 Å². The van der Waals surface area contributed by atoms with Crippen molar-refractivity contribution in [1.82, 2.24) is 4.72 Å². The molecule has 0 heterocycles. The number of ether oxygens (including phenoxy) is 1. The molecule has 2 aromatic rings. The summed E-state index contributed by atoms with van der Waals surface area (Å²) in [7, 11) is -3.81. The molecule has 2 aromatic carbocycles. The number of nitrogens with one attached hydrogen (secondary N) is 1. The summed E-state index contributed by atoms with van der Waals surface area (Å²) >= 11 is 0. The van der Waals surface area contributed by atoms with Crippen LogP contribution in [0.3, 0.4) is 0 Å². The number of benzene rings is 2. The van der Waals surface area contributed by atoms with E-state index in [0.717, 1.165) is 5.56 Å². The maximum atomic E-state index is 12.1. The zero-order valence-electron chi connectivity index (χ0n) is 16.3. The number of carbonyl (C=O) groups excluding carboxylic acids is 1. The molecule has 0 aliphatic heterocycles. The molecular weight excluding hydrogens is 406 g/mol. The number of carbonyl (C=O) groups is 1. The molecule has 30 heavy (non-hydrogen) atoms. The molecule has 0 radical (unpaired) electrons. The second-order valence-corrected chi connectivity index (χ2v) is 8.02. The number of hydrogen-bond acceptors (Lipinski definition) is 6. The molecule has 0 saturated heterocycles. The molecule has 0 aromatic heterocycles. The predicted octanol–water partition coefficient (Wildman–Crippen LogP) is 1.14. The fourth-order valence-corrected chi connectivity index (χ4v) is 3.23. The van der Waals surface area contributed by atoms with E-state index in [9.17, 15) is 13.2 Å². The Bertz CT molecular complexity index is 996.